The van der Waals surface area contributed by atoms with Crippen LogP contribution in [0.3, 0.4) is 0 Å². The lowest BCUT2D eigenvalue weighted by Crippen LogP contribution is -1.95. The van der Waals surface area contributed by atoms with E-state index in [9.17, 15) is 9.90 Å². The zero-order valence-electron chi connectivity index (χ0n) is 10.5. The zero-order valence-corrected chi connectivity index (χ0v) is 10.5. The smallest absolute Gasteiger partial charge is 0.168 e. The largest absolute Gasteiger partial charge is 0.507 e. The number of hydrogen-bond donors (Lipinski definition) is 1. The Hall–Kier alpha value is -2.23. The number of rotatable bonds is 3. The fourth-order valence-electron chi connectivity index (χ4n) is 2.00. The number of benzene rings is 2. The highest BCUT2D eigenvalue weighted by Crippen LogP contribution is 2.40. The molecule has 0 aliphatic carbocycles. The van der Waals surface area contributed by atoms with Crippen LogP contribution in [0.5, 0.6) is 17.2 Å². The quantitative estimate of drug-likeness (QED) is 0.846. The van der Waals surface area contributed by atoms with Gasteiger partial charge in [0.1, 0.15) is 5.75 Å². The van der Waals surface area contributed by atoms with Gasteiger partial charge in [-0.05, 0) is 31.2 Å². The third-order valence-electron chi connectivity index (χ3n) is 2.89. The maximum absolute atomic E-state index is 11.4. The molecule has 0 heterocycles. The van der Waals surface area contributed by atoms with Gasteiger partial charge in [0.25, 0.3) is 0 Å². The zero-order chi connectivity index (χ0) is 13.3. The third kappa shape index (κ3) is 1.76. The van der Waals surface area contributed by atoms with Crippen molar-refractivity contribution >= 4 is 16.6 Å². The van der Waals surface area contributed by atoms with Crippen molar-refractivity contribution in [2.75, 3.05) is 14.2 Å². The molecule has 0 aliphatic rings. The van der Waals surface area contributed by atoms with Crippen LogP contribution in [0.15, 0.2) is 24.3 Å². The minimum Gasteiger partial charge on any atom is -0.507 e. The van der Waals surface area contributed by atoms with Crippen LogP contribution in [0.4, 0.5) is 0 Å². The molecule has 0 fully saturated rings. The molecular formula is C14H14O4. The van der Waals surface area contributed by atoms with Crippen molar-refractivity contribution in [3.05, 3.63) is 29.8 Å². The predicted octanol–water partition coefficient (Wildman–Crippen LogP) is 2.77. The maximum Gasteiger partial charge on any atom is 0.168 e. The number of Topliss-reactive ketones (excluding diaryl/α,β-unsaturated/α-hetero) is 1. The predicted molar refractivity (Wildman–Crippen MR) is 68.7 cm³/mol. The molecule has 4 nitrogen and oxygen atoms in total. The Labute approximate surface area is 105 Å². The van der Waals surface area contributed by atoms with Gasteiger partial charge < -0.3 is 14.6 Å². The molecule has 94 valence electrons. The normalized spacial score (nSPS) is 10.4. The highest BCUT2D eigenvalue weighted by atomic mass is 16.5. The molecule has 2 aromatic carbocycles. The molecule has 1 N–H and O–H groups in total. The summed E-state index contributed by atoms with van der Waals surface area (Å²) in [6.07, 6.45) is 0. The second kappa shape index (κ2) is 4.56. The van der Waals surface area contributed by atoms with Crippen LogP contribution >= 0.6 is 0 Å². The van der Waals surface area contributed by atoms with Crippen LogP contribution in [0.2, 0.25) is 0 Å². The minimum atomic E-state index is -0.177. The molecule has 0 aliphatic heterocycles. The van der Waals surface area contributed by atoms with E-state index in [1.54, 1.807) is 31.4 Å². The second-order valence-corrected chi connectivity index (χ2v) is 3.91. The molecule has 0 saturated carbocycles. The lowest BCUT2D eigenvalue weighted by Gasteiger charge is -2.12. The molecule has 18 heavy (non-hydrogen) atoms. The summed E-state index contributed by atoms with van der Waals surface area (Å²) in [6, 6.07) is 6.73. The number of ketones is 1. The van der Waals surface area contributed by atoms with E-state index in [0.717, 1.165) is 0 Å². The Morgan fingerprint density at radius 2 is 1.72 bits per heavy atom. The summed E-state index contributed by atoms with van der Waals surface area (Å²) in [7, 11) is 3.08. The first-order valence-corrected chi connectivity index (χ1v) is 5.47. The third-order valence-corrected chi connectivity index (χ3v) is 2.89. The molecule has 2 rings (SSSR count). The van der Waals surface area contributed by atoms with Gasteiger partial charge in [-0.1, -0.05) is 0 Å². The molecule has 0 unspecified atom stereocenters. The van der Waals surface area contributed by atoms with Gasteiger partial charge in [0.2, 0.25) is 0 Å². The minimum absolute atomic E-state index is 0.0269. The van der Waals surface area contributed by atoms with Gasteiger partial charge in [-0.2, -0.15) is 0 Å². The summed E-state index contributed by atoms with van der Waals surface area (Å²) in [6.45, 7) is 1.42. The van der Waals surface area contributed by atoms with E-state index in [0.29, 0.717) is 27.8 Å². The van der Waals surface area contributed by atoms with Crippen LogP contribution in [-0.2, 0) is 0 Å². The standard InChI is InChI=1S/C14H14O4/c1-8(15)9-4-5-11-10(13(9)16)6-7-12(17-2)14(11)18-3/h4-7,16H,1-3H3. The first-order chi connectivity index (χ1) is 8.60. The molecule has 0 saturated heterocycles. The molecule has 0 aromatic heterocycles. The van der Waals surface area contributed by atoms with E-state index < -0.39 is 0 Å². The lowest BCUT2D eigenvalue weighted by atomic mass is 10.0. The SMILES string of the molecule is COc1ccc2c(O)c(C(C)=O)ccc2c1OC. The molecule has 0 atom stereocenters. The average Bonchev–Trinajstić information content (AvgIpc) is 2.37. The number of phenolic OH excluding ortho intramolecular Hbond substituents is 1. The topological polar surface area (TPSA) is 55.8 Å². The summed E-state index contributed by atoms with van der Waals surface area (Å²) in [5, 5.41) is 11.4. The van der Waals surface area contributed by atoms with Crippen LogP contribution in [0.25, 0.3) is 10.8 Å². The van der Waals surface area contributed by atoms with Crippen LogP contribution in [-0.4, -0.2) is 25.1 Å². The average molecular weight is 246 g/mol. The van der Waals surface area contributed by atoms with Gasteiger partial charge in [0.15, 0.2) is 17.3 Å². The molecule has 4 heteroatoms. The van der Waals surface area contributed by atoms with Crippen LogP contribution < -0.4 is 9.47 Å². The van der Waals surface area contributed by atoms with E-state index in [1.807, 2.05) is 0 Å². The number of ether oxygens (including phenoxy) is 2. The van der Waals surface area contributed by atoms with E-state index >= 15 is 0 Å². The Kier molecular flexibility index (Phi) is 3.10. The molecule has 0 amide bonds. The van der Waals surface area contributed by atoms with Crippen molar-refractivity contribution in [2.24, 2.45) is 0 Å². The van der Waals surface area contributed by atoms with Gasteiger partial charge in [0, 0.05) is 10.8 Å². The van der Waals surface area contributed by atoms with Gasteiger partial charge in [-0.15, -0.1) is 0 Å². The summed E-state index contributed by atoms with van der Waals surface area (Å²) in [5.41, 5.74) is 0.301. The molecule has 0 spiro atoms. The highest BCUT2D eigenvalue weighted by molar-refractivity contribution is 6.05. The van der Waals surface area contributed by atoms with Gasteiger partial charge >= 0.3 is 0 Å². The van der Waals surface area contributed by atoms with Gasteiger partial charge in [0.05, 0.1) is 19.8 Å². The Bertz CT molecular complexity index is 617. The number of carbonyl (C=O) groups excluding carboxylic acids is 1. The second-order valence-electron chi connectivity index (χ2n) is 3.91. The Morgan fingerprint density at radius 1 is 1.06 bits per heavy atom. The van der Waals surface area contributed by atoms with E-state index in [1.165, 1.54) is 14.0 Å². The van der Waals surface area contributed by atoms with Crippen molar-refractivity contribution in [1.82, 2.24) is 0 Å². The highest BCUT2D eigenvalue weighted by Gasteiger charge is 2.15. The number of hydrogen-bond acceptors (Lipinski definition) is 4. The monoisotopic (exact) mass is 246 g/mol. The Balaban J connectivity index is 2.82. The summed E-state index contributed by atoms with van der Waals surface area (Å²) in [4.78, 5) is 11.4. The fourth-order valence-corrected chi connectivity index (χ4v) is 2.00. The maximum atomic E-state index is 11.4. The fraction of sp³-hybridized carbons (Fsp3) is 0.214. The Morgan fingerprint density at radius 3 is 2.28 bits per heavy atom. The number of carbonyl (C=O) groups is 1. The molecule has 0 radical (unpaired) electrons. The van der Waals surface area contributed by atoms with Crippen molar-refractivity contribution in [1.29, 1.82) is 0 Å². The van der Waals surface area contributed by atoms with E-state index in [2.05, 4.69) is 0 Å². The summed E-state index contributed by atoms with van der Waals surface area (Å²) >= 11 is 0. The van der Waals surface area contributed by atoms with E-state index in [-0.39, 0.29) is 11.5 Å². The molecular weight excluding hydrogens is 232 g/mol. The van der Waals surface area contributed by atoms with Crippen LogP contribution in [0.1, 0.15) is 17.3 Å². The first-order valence-electron chi connectivity index (χ1n) is 5.47. The van der Waals surface area contributed by atoms with Crippen molar-refractivity contribution < 1.29 is 19.4 Å². The molecule has 0 bridgehead atoms. The number of fused-ring (bicyclic) bond motifs is 1. The summed E-state index contributed by atoms with van der Waals surface area (Å²) < 4.78 is 10.5. The molecule has 2 aromatic rings. The van der Waals surface area contributed by atoms with Gasteiger partial charge in [-0.25, -0.2) is 0 Å². The number of phenols is 1. The van der Waals surface area contributed by atoms with E-state index in [4.69, 9.17) is 9.47 Å². The van der Waals surface area contributed by atoms with Crippen molar-refractivity contribution in [3.8, 4) is 17.2 Å². The number of aromatic hydroxyl groups is 1. The van der Waals surface area contributed by atoms with Crippen LogP contribution in [0, 0.1) is 0 Å². The van der Waals surface area contributed by atoms with Crippen molar-refractivity contribution in [2.45, 2.75) is 6.92 Å². The first kappa shape index (κ1) is 12.2. The van der Waals surface area contributed by atoms with Crippen molar-refractivity contribution in [3.63, 3.8) is 0 Å². The number of methoxy groups -OCH3 is 2. The summed E-state index contributed by atoms with van der Waals surface area (Å²) in [5.74, 6) is 0.922. The van der Waals surface area contributed by atoms with Gasteiger partial charge in [-0.3, -0.25) is 4.79 Å². The lowest BCUT2D eigenvalue weighted by molar-refractivity contribution is 0.101.